The Labute approximate surface area is 127 Å². The van der Waals surface area contributed by atoms with Crippen LogP contribution in [-0.4, -0.2) is 11.0 Å². The first kappa shape index (κ1) is 14.2. The van der Waals surface area contributed by atoms with Crippen LogP contribution in [0.5, 0.6) is 5.75 Å². The van der Waals surface area contributed by atoms with E-state index < -0.39 is 0 Å². The van der Waals surface area contributed by atoms with E-state index >= 15 is 0 Å². The number of nitrogens with zero attached hydrogens (tertiary/aromatic N) is 1. The van der Waals surface area contributed by atoms with Gasteiger partial charge in [-0.2, -0.15) is 0 Å². The molecule has 0 fully saturated rings. The molecule has 110 valence electrons. The molecular weight excluding hydrogens is 281 g/mol. The molecule has 0 N–H and O–H groups in total. The number of esters is 1. The van der Waals surface area contributed by atoms with E-state index in [-0.39, 0.29) is 11.8 Å². The maximum Gasteiger partial charge on any atom is 0.310 e. The predicted molar refractivity (Wildman–Crippen MR) is 83.1 cm³/mol. The van der Waals surface area contributed by atoms with Gasteiger partial charge in [-0.25, -0.2) is 4.39 Å². The molecule has 4 heteroatoms. The molecular formula is C18H14FNO2. The second-order valence-corrected chi connectivity index (χ2v) is 4.92. The van der Waals surface area contributed by atoms with E-state index in [0.717, 1.165) is 22.0 Å². The molecule has 3 rings (SSSR count). The molecule has 0 atom stereocenters. The number of rotatable bonds is 3. The highest BCUT2D eigenvalue weighted by Crippen LogP contribution is 2.25. The smallest absolute Gasteiger partial charge is 0.310 e. The number of carbonyl (C=O) groups is 1. The summed E-state index contributed by atoms with van der Waals surface area (Å²) in [5, 5.41) is 0.901. The number of carbonyl (C=O) groups excluding carboxylic acids is 1. The predicted octanol–water partition coefficient (Wildman–Crippen LogP) is 4.36. The van der Waals surface area contributed by atoms with Crippen molar-refractivity contribution in [1.82, 2.24) is 4.98 Å². The van der Waals surface area contributed by atoms with Crippen molar-refractivity contribution in [2.75, 3.05) is 0 Å². The third-order valence-corrected chi connectivity index (χ3v) is 3.33. The van der Waals surface area contributed by atoms with Crippen molar-refractivity contribution in [2.24, 2.45) is 0 Å². The topological polar surface area (TPSA) is 39.2 Å². The maximum atomic E-state index is 13.3. The minimum Gasteiger partial charge on any atom is -0.426 e. The Morgan fingerprint density at radius 2 is 2.00 bits per heavy atom. The SMILES string of the molecule is CCC(=O)Oc1ccc2cc(-c3cccc(F)c3)cnc2c1. The average molecular weight is 295 g/mol. The number of benzene rings is 2. The van der Waals surface area contributed by atoms with Crippen LogP contribution in [0.3, 0.4) is 0 Å². The van der Waals surface area contributed by atoms with Crippen LogP contribution in [0.4, 0.5) is 4.39 Å². The first-order valence-electron chi connectivity index (χ1n) is 7.02. The molecule has 1 aromatic heterocycles. The van der Waals surface area contributed by atoms with E-state index in [4.69, 9.17) is 4.74 Å². The van der Waals surface area contributed by atoms with Gasteiger partial charge in [0, 0.05) is 29.6 Å². The zero-order chi connectivity index (χ0) is 15.5. The van der Waals surface area contributed by atoms with Crippen LogP contribution in [0.1, 0.15) is 13.3 Å². The summed E-state index contributed by atoms with van der Waals surface area (Å²) in [5.74, 6) is -0.0829. The summed E-state index contributed by atoms with van der Waals surface area (Å²) in [7, 11) is 0. The van der Waals surface area contributed by atoms with Crippen LogP contribution in [0.25, 0.3) is 22.0 Å². The molecule has 0 radical (unpaired) electrons. The van der Waals surface area contributed by atoms with Crippen LogP contribution in [0.15, 0.2) is 54.7 Å². The molecule has 0 spiro atoms. The van der Waals surface area contributed by atoms with Gasteiger partial charge in [0.15, 0.2) is 0 Å². The highest BCUT2D eigenvalue weighted by molar-refractivity contribution is 5.85. The lowest BCUT2D eigenvalue weighted by Crippen LogP contribution is -2.05. The van der Waals surface area contributed by atoms with Gasteiger partial charge in [-0.3, -0.25) is 9.78 Å². The van der Waals surface area contributed by atoms with Crippen molar-refractivity contribution in [2.45, 2.75) is 13.3 Å². The second-order valence-electron chi connectivity index (χ2n) is 4.92. The summed E-state index contributed by atoms with van der Waals surface area (Å²) in [6, 6.07) is 13.6. The molecule has 0 aliphatic rings. The lowest BCUT2D eigenvalue weighted by Gasteiger charge is -2.06. The summed E-state index contributed by atoms with van der Waals surface area (Å²) < 4.78 is 18.5. The highest BCUT2D eigenvalue weighted by Gasteiger charge is 2.06. The van der Waals surface area contributed by atoms with E-state index in [1.165, 1.54) is 12.1 Å². The number of hydrogen-bond acceptors (Lipinski definition) is 3. The molecule has 3 nitrogen and oxygen atoms in total. The number of ether oxygens (including phenoxy) is 1. The Morgan fingerprint density at radius 3 is 2.77 bits per heavy atom. The van der Waals surface area contributed by atoms with Crippen molar-refractivity contribution in [1.29, 1.82) is 0 Å². The lowest BCUT2D eigenvalue weighted by molar-refractivity contribution is -0.134. The minimum absolute atomic E-state index is 0.278. The Balaban J connectivity index is 1.97. The highest BCUT2D eigenvalue weighted by atomic mass is 19.1. The Hall–Kier alpha value is -2.75. The van der Waals surface area contributed by atoms with Crippen LogP contribution < -0.4 is 4.74 Å². The molecule has 22 heavy (non-hydrogen) atoms. The van der Waals surface area contributed by atoms with Gasteiger partial charge in [-0.1, -0.05) is 19.1 Å². The van der Waals surface area contributed by atoms with Crippen molar-refractivity contribution in [3.63, 3.8) is 0 Å². The van der Waals surface area contributed by atoms with E-state index in [1.807, 2.05) is 18.2 Å². The summed E-state index contributed by atoms with van der Waals surface area (Å²) >= 11 is 0. The Kier molecular flexibility index (Phi) is 3.83. The van der Waals surface area contributed by atoms with Gasteiger partial charge in [0.05, 0.1) is 5.52 Å². The zero-order valence-electron chi connectivity index (χ0n) is 12.0. The third kappa shape index (κ3) is 2.96. The zero-order valence-corrected chi connectivity index (χ0v) is 12.0. The quantitative estimate of drug-likeness (QED) is 0.532. The van der Waals surface area contributed by atoms with Crippen molar-refractivity contribution >= 4 is 16.9 Å². The molecule has 0 amide bonds. The monoisotopic (exact) mass is 295 g/mol. The molecule has 0 saturated carbocycles. The van der Waals surface area contributed by atoms with Gasteiger partial charge < -0.3 is 4.74 Å². The summed E-state index contributed by atoms with van der Waals surface area (Å²) in [5.41, 5.74) is 2.34. The summed E-state index contributed by atoms with van der Waals surface area (Å²) in [6.07, 6.45) is 2.01. The van der Waals surface area contributed by atoms with Gasteiger partial charge in [-0.15, -0.1) is 0 Å². The summed E-state index contributed by atoms with van der Waals surface area (Å²) in [4.78, 5) is 15.7. The fourth-order valence-corrected chi connectivity index (χ4v) is 2.19. The van der Waals surface area contributed by atoms with E-state index in [1.54, 1.807) is 31.3 Å². The molecule has 2 aromatic carbocycles. The number of hydrogen-bond donors (Lipinski definition) is 0. The largest absolute Gasteiger partial charge is 0.426 e. The second kappa shape index (κ2) is 5.93. The normalized spacial score (nSPS) is 10.6. The molecule has 0 bridgehead atoms. The first-order valence-corrected chi connectivity index (χ1v) is 7.02. The van der Waals surface area contributed by atoms with Gasteiger partial charge in [0.25, 0.3) is 0 Å². The van der Waals surface area contributed by atoms with Crippen LogP contribution >= 0.6 is 0 Å². The van der Waals surface area contributed by atoms with E-state index in [0.29, 0.717) is 12.2 Å². The van der Waals surface area contributed by atoms with Crippen LogP contribution in [-0.2, 0) is 4.79 Å². The summed E-state index contributed by atoms with van der Waals surface area (Å²) in [6.45, 7) is 1.74. The van der Waals surface area contributed by atoms with Crippen molar-refractivity contribution in [3.05, 3.63) is 60.5 Å². The number of pyridine rings is 1. The Morgan fingerprint density at radius 1 is 1.14 bits per heavy atom. The van der Waals surface area contributed by atoms with Crippen molar-refractivity contribution in [3.8, 4) is 16.9 Å². The van der Waals surface area contributed by atoms with Crippen LogP contribution in [0.2, 0.25) is 0 Å². The average Bonchev–Trinajstić information content (AvgIpc) is 2.54. The maximum absolute atomic E-state index is 13.3. The molecule has 1 heterocycles. The van der Waals surface area contributed by atoms with Crippen LogP contribution in [0, 0.1) is 5.82 Å². The van der Waals surface area contributed by atoms with Gasteiger partial charge in [-0.05, 0) is 35.9 Å². The molecule has 0 aliphatic carbocycles. The fraction of sp³-hybridized carbons (Fsp3) is 0.111. The van der Waals surface area contributed by atoms with Gasteiger partial charge in [0.1, 0.15) is 11.6 Å². The fourth-order valence-electron chi connectivity index (χ4n) is 2.19. The van der Waals surface area contributed by atoms with Gasteiger partial charge >= 0.3 is 5.97 Å². The van der Waals surface area contributed by atoms with Crippen molar-refractivity contribution < 1.29 is 13.9 Å². The number of fused-ring (bicyclic) bond motifs is 1. The lowest BCUT2D eigenvalue weighted by atomic mass is 10.1. The van der Waals surface area contributed by atoms with Gasteiger partial charge in [0.2, 0.25) is 0 Å². The first-order chi connectivity index (χ1) is 10.7. The molecule has 3 aromatic rings. The standard InChI is InChI=1S/C18H14FNO2/c1-2-18(21)22-16-7-6-13-8-14(11-20-17(13)10-16)12-4-3-5-15(19)9-12/h3-11H,2H2,1H3. The van der Waals surface area contributed by atoms with E-state index in [9.17, 15) is 9.18 Å². The minimum atomic E-state index is -0.282. The molecule has 0 unspecified atom stereocenters. The van der Waals surface area contributed by atoms with E-state index in [2.05, 4.69) is 4.98 Å². The number of aromatic nitrogens is 1. The third-order valence-electron chi connectivity index (χ3n) is 3.33. The Bertz CT molecular complexity index is 845. The molecule has 0 aliphatic heterocycles. The molecule has 0 saturated heterocycles. The number of halogens is 1.